The van der Waals surface area contributed by atoms with Crippen LogP contribution in [-0.2, 0) is 9.59 Å². The zero-order valence-corrected chi connectivity index (χ0v) is 15.3. The van der Waals surface area contributed by atoms with Crippen molar-refractivity contribution >= 4 is 40.6 Å². The summed E-state index contributed by atoms with van der Waals surface area (Å²) in [6.45, 7) is 1.53. The Morgan fingerprint density at radius 1 is 0.962 bits per heavy atom. The summed E-state index contributed by atoms with van der Waals surface area (Å²) in [5, 5.41) is 5.87. The number of nitrogens with zero attached hydrogens (tertiary/aromatic N) is 1. The molecule has 0 aliphatic heterocycles. The maximum Gasteiger partial charge on any atom is 0.238 e. The van der Waals surface area contributed by atoms with Crippen molar-refractivity contribution < 1.29 is 14.4 Å². The second-order valence-electron chi connectivity index (χ2n) is 5.89. The van der Waals surface area contributed by atoms with Crippen LogP contribution in [0.1, 0.15) is 17.3 Å². The molecule has 0 fully saturated rings. The van der Waals surface area contributed by atoms with E-state index in [4.69, 9.17) is 11.6 Å². The first kappa shape index (κ1) is 19.6. The third-order valence-corrected chi connectivity index (χ3v) is 3.86. The van der Waals surface area contributed by atoms with Gasteiger partial charge in [0.2, 0.25) is 11.8 Å². The minimum atomic E-state index is -0.279. The van der Waals surface area contributed by atoms with Crippen LogP contribution in [0.25, 0.3) is 0 Å². The van der Waals surface area contributed by atoms with Crippen LogP contribution in [0.2, 0.25) is 5.02 Å². The zero-order valence-electron chi connectivity index (χ0n) is 14.6. The Labute approximate surface area is 157 Å². The summed E-state index contributed by atoms with van der Waals surface area (Å²) < 4.78 is 0. The number of para-hydroxylation sites is 1. The second kappa shape index (κ2) is 9.12. The molecule has 0 unspecified atom stereocenters. The maximum absolute atomic E-state index is 12.1. The number of anilines is 2. The van der Waals surface area contributed by atoms with Crippen molar-refractivity contribution in [1.29, 1.82) is 0 Å². The third kappa shape index (κ3) is 5.98. The monoisotopic (exact) mass is 373 g/mol. The van der Waals surface area contributed by atoms with E-state index in [9.17, 15) is 14.4 Å². The van der Waals surface area contributed by atoms with Crippen LogP contribution in [0.3, 0.4) is 0 Å². The van der Waals surface area contributed by atoms with Gasteiger partial charge in [-0.25, -0.2) is 0 Å². The molecule has 0 radical (unpaired) electrons. The Hall–Kier alpha value is -2.70. The van der Waals surface area contributed by atoms with Crippen LogP contribution in [0.5, 0.6) is 0 Å². The van der Waals surface area contributed by atoms with Gasteiger partial charge in [-0.15, -0.1) is 0 Å². The summed E-state index contributed by atoms with van der Waals surface area (Å²) in [4.78, 5) is 37.1. The number of halogens is 1. The van der Waals surface area contributed by atoms with E-state index in [2.05, 4.69) is 10.6 Å². The molecule has 2 aromatic rings. The normalized spacial score (nSPS) is 10.5. The van der Waals surface area contributed by atoms with Gasteiger partial charge in [0.05, 0.1) is 23.8 Å². The Morgan fingerprint density at radius 2 is 1.62 bits per heavy atom. The second-order valence-corrected chi connectivity index (χ2v) is 6.29. The molecule has 2 rings (SSSR count). The number of carbonyl (C=O) groups is 3. The molecule has 0 aliphatic rings. The van der Waals surface area contributed by atoms with Gasteiger partial charge in [-0.3, -0.25) is 19.3 Å². The fraction of sp³-hybridized carbons (Fsp3) is 0.211. The summed E-state index contributed by atoms with van der Waals surface area (Å²) in [6.07, 6.45) is 0. The summed E-state index contributed by atoms with van der Waals surface area (Å²) in [7, 11) is 1.66. The van der Waals surface area contributed by atoms with Crippen LogP contribution in [0.15, 0.2) is 48.5 Å². The van der Waals surface area contributed by atoms with Gasteiger partial charge in [-0.1, -0.05) is 35.9 Å². The molecular formula is C19H20ClN3O3. The topological polar surface area (TPSA) is 78.5 Å². The average molecular weight is 374 g/mol. The van der Waals surface area contributed by atoms with Gasteiger partial charge in [-0.2, -0.15) is 0 Å². The fourth-order valence-corrected chi connectivity index (χ4v) is 2.50. The fourth-order valence-electron chi connectivity index (χ4n) is 2.31. The first-order valence-corrected chi connectivity index (χ1v) is 8.36. The zero-order chi connectivity index (χ0) is 19.1. The van der Waals surface area contributed by atoms with Gasteiger partial charge in [0, 0.05) is 11.3 Å². The number of benzene rings is 2. The number of hydrogen-bond donors (Lipinski definition) is 2. The van der Waals surface area contributed by atoms with Crippen molar-refractivity contribution in [2.24, 2.45) is 0 Å². The highest BCUT2D eigenvalue weighted by Crippen LogP contribution is 2.20. The van der Waals surface area contributed by atoms with E-state index in [1.807, 2.05) is 0 Å². The van der Waals surface area contributed by atoms with E-state index in [0.29, 0.717) is 22.0 Å². The van der Waals surface area contributed by atoms with Crippen LogP contribution >= 0.6 is 11.6 Å². The lowest BCUT2D eigenvalue weighted by Crippen LogP contribution is -2.36. The molecule has 6 nitrogen and oxygen atoms in total. The molecular weight excluding hydrogens is 354 g/mol. The van der Waals surface area contributed by atoms with E-state index < -0.39 is 0 Å². The highest BCUT2D eigenvalue weighted by molar-refractivity contribution is 6.33. The molecule has 0 atom stereocenters. The van der Waals surface area contributed by atoms with Crippen LogP contribution < -0.4 is 10.6 Å². The van der Waals surface area contributed by atoms with E-state index in [1.54, 1.807) is 60.5 Å². The van der Waals surface area contributed by atoms with Crippen LogP contribution in [-0.4, -0.2) is 42.6 Å². The maximum atomic E-state index is 12.1. The van der Waals surface area contributed by atoms with Gasteiger partial charge in [0.1, 0.15) is 0 Å². The van der Waals surface area contributed by atoms with E-state index >= 15 is 0 Å². The standard InChI is InChI=1S/C19H20ClN3O3/c1-13(24)14-6-5-7-15(10-14)21-18(25)11-23(2)12-19(26)22-17-9-4-3-8-16(17)20/h3-10H,11-12H2,1-2H3,(H,21,25)(H,22,26). The number of amides is 2. The number of likely N-dealkylation sites (N-methyl/N-ethyl adjacent to an activating group) is 1. The molecule has 136 valence electrons. The molecule has 0 heterocycles. The molecule has 0 aliphatic carbocycles. The number of rotatable bonds is 7. The van der Waals surface area contributed by atoms with Crippen molar-refractivity contribution in [3.63, 3.8) is 0 Å². The SMILES string of the molecule is CC(=O)c1cccc(NC(=O)CN(C)CC(=O)Nc2ccccc2Cl)c1. The highest BCUT2D eigenvalue weighted by Gasteiger charge is 2.12. The Kier molecular flexibility index (Phi) is 6.89. The van der Waals surface area contributed by atoms with Gasteiger partial charge in [0.25, 0.3) is 0 Å². The molecule has 0 saturated carbocycles. The third-order valence-electron chi connectivity index (χ3n) is 3.53. The number of hydrogen-bond acceptors (Lipinski definition) is 4. The molecule has 26 heavy (non-hydrogen) atoms. The Balaban J connectivity index is 1.85. The molecule has 0 spiro atoms. The van der Waals surface area contributed by atoms with Crippen molar-refractivity contribution in [3.05, 3.63) is 59.1 Å². The first-order chi connectivity index (χ1) is 12.3. The molecule has 2 amide bonds. The molecule has 0 bridgehead atoms. The summed E-state index contributed by atoms with van der Waals surface area (Å²) >= 11 is 6.00. The smallest absolute Gasteiger partial charge is 0.238 e. The molecule has 0 saturated heterocycles. The average Bonchev–Trinajstić information content (AvgIpc) is 2.56. The first-order valence-electron chi connectivity index (χ1n) is 7.99. The van der Waals surface area contributed by atoms with Gasteiger partial charge in [0.15, 0.2) is 5.78 Å². The van der Waals surface area contributed by atoms with E-state index in [-0.39, 0.29) is 30.7 Å². The largest absolute Gasteiger partial charge is 0.325 e. The predicted octanol–water partition coefficient (Wildman–Crippen LogP) is 3.05. The Morgan fingerprint density at radius 3 is 2.27 bits per heavy atom. The van der Waals surface area contributed by atoms with Gasteiger partial charge in [-0.05, 0) is 38.2 Å². The number of ketones is 1. The molecule has 7 heteroatoms. The molecule has 2 aromatic carbocycles. The minimum absolute atomic E-state index is 0.0280. The lowest BCUT2D eigenvalue weighted by atomic mass is 10.1. The van der Waals surface area contributed by atoms with Crippen molar-refractivity contribution in [2.45, 2.75) is 6.92 Å². The van der Waals surface area contributed by atoms with Gasteiger partial charge < -0.3 is 10.6 Å². The summed E-state index contributed by atoms with van der Waals surface area (Å²) in [6, 6.07) is 13.6. The summed E-state index contributed by atoms with van der Waals surface area (Å²) in [5.41, 5.74) is 1.59. The summed E-state index contributed by atoms with van der Waals surface area (Å²) in [5.74, 6) is -0.625. The van der Waals surface area contributed by atoms with Crippen LogP contribution in [0, 0.1) is 0 Å². The number of carbonyl (C=O) groups excluding carboxylic acids is 3. The lowest BCUT2D eigenvalue weighted by molar-refractivity contribution is -0.119. The number of Topliss-reactive ketones (excluding diaryl/α,β-unsaturated/α-hetero) is 1. The number of nitrogens with one attached hydrogen (secondary N) is 2. The molecule has 2 N–H and O–H groups in total. The Bertz CT molecular complexity index is 823. The van der Waals surface area contributed by atoms with Crippen molar-refractivity contribution in [3.8, 4) is 0 Å². The van der Waals surface area contributed by atoms with Crippen LogP contribution in [0.4, 0.5) is 11.4 Å². The predicted molar refractivity (Wildman–Crippen MR) is 103 cm³/mol. The van der Waals surface area contributed by atoms with Gasteiger partial charge >= 0.3 is 0 Å². The van der Waals surface area contributed by atoms with E-state index in [1.165, 1.54) is 6.92 Å². The van der Waals surface area contributed by atoms with Crippen molar-refractivity contribution in [1.82, 2.24) is 4.90 Å². The van der Waals surface area contributed by atoms with Crippen molar-refractivity contribution in [2.75, 3.05) is 30.8 Å². The molecule has 0 aromatic heterocycles. The quantitative estimate of drug-likeness (QED) is 0.731. The lowest BCUT2D eigenvalue weighted by Gasteiger charge is -2.16. The minimum Gasteiger partial charge on any atom is -0.325 e. The highest BCUT2D eigenvalue weighted by atomic mass is 35.5. The van der Waals surface area contributed by atoms with E-state index in [0.717, 1.165) is 0 Å².